The van der Waals surface area contributed by atoms with Crippen LogP contribution in [-0.4, -0.2) is 41.1 Å². The summed E-state index contributed by atoms with van der Waals surface area (Å²) in [5.74, 6) is 0.931. The lowest BCUT2D eigenvalue weighted by atomic mass is 10.3. The molecule has 0 fully saturated rings. The Labute approximate surface area is 102 Å². The maximum atomic E-state index is 11.0. The van der Waals surface area contributed by atoms with E-state index in [2.05, 4.69) is 36.1 Å². The molecule has 7 heteroatoms. The number of esters is 1. The number of hydrogen-bond donors (Lipinski definition) is 1. The average molecular weight is 292 g/mol. The fourth-order valence-electron chi connectivity index (χ4n) is 1.08. The van der Waals surface area contributed by atoms with E-state index in [1.807, 2.05) is 0 Å². The summed E-state index contributed by atoms with van der Waals surface area (Å²) in [7, 11) is 1.36. The Morgan fingerprint density at radius 1 is 1.69 bits per heavy atom. The minimum absolute atomic E-state index is 0.289. The molecule has 0 radical (unpaired) electrons. The van der Waals surface area contributed by atoms with Crippen LogP contribution >= 0.6 is 15.9 Å². The number of methoxy groups -OCH3 is 1. The molecule has 0 aliphatic carbocycles. The van der Waals surface area contributed by atoms with E-state index < -0.39 is 0 Å². The molecule has 0 aromatic carbocycles. The first-order chi connectivity index (χ1) is 7.63. The van der Waals surface area contributed by atoms with Crippen molar-refractivity contribution in [3.05, 3.63) is 11.7 Å². The Balaban J connectivity index is 2.14. The highest BCUT2D eigenvalue weighted by molar-refractivity contribution is 9.10. The molecule has 0 saturated carbocycles. The number of nitrogens with zero attached hydrogens (tertiary/aromatic N) is 2. The predicted molar refractivity (Wildman–Crippen MR) is 60.3 cm³/mol. The van der Waals surface area contributed by atoms with Gasteiger partial charge in [0.15, 0.2) is 5.82 Å². The molecule has 0 aliphatic rings. The molecule has 1 unspecified atom stereocenters. The largest absolute Gasteiger partial charge is 0.468 e. The summed E-state index contributed by atoms with van der Waals surface area (Å²) in [6.45, 7) is 2.93. The average Bonchev–Trinajstić information content (AvgIpc) is 2.69. The Morgan fingerprint density at radius 3 is 3.00 bits per heavy atom. The van der Waals surface area contributed by atoms with Gasteiger partial charge in [-0.15, -0.1) is 0 Å². The van der Waals surface area contributed by atoms with E-state index in [9.17, 15) is 4.79 Å². The third-order valence-electron chi connectivity index (χ3n) is 1.88. The molecule has 0 bridgehead atoms. The Morgan fingerprint density at radius 2 is 2.44 bits per heavy atom. The lowest BCUT2D eigenvalue weighted by Gasteiger charge is -2.07. The molecule has 6 nitrogen and oxygen atoms in total. The number of alkyl halides is 1. The van der Waals surface area contributed by atoms with Crippen molar-refractivity contribution in [2.24, 2.45) is 0 Å². The van der Waals surface area contributed by atoms with Crippen molar-refractivity contribution >= 4 is 21.9 Å². The van der Waals surface area contributed by atoms with E-state index in [4.69, 9.17) is 4.52 Å². The molecule has 1 aromatic rings. The molecule has 1 aromatic heterocycles. The summed E-state index contributed by atoms with van der Waals surface area (Å²) < 4.78 is 9.39. The van der Waals surface area contributed by atoms with Gasteiger partial charge < -0.3 is 14.6 Å². The predicted octanol–water partition coefficient (Wildman–Crippen LogP) is 0.447. The molecule has 0 amide bonds. The molecule has 1 heterocycles. The molecular formula is C9H14BrN3O3. The maximum Gasteiger partial charge on any atom is 0.320 e. The monoisotopic (exact) mass is 291 g/mol. The van der Waals surface area contributed by atoms with Crippen LogP contribution < -0.4 is 5.32 Å². The van der Waals surface area contributed by atoms with E-state index >= 15 is 0 Å². The standard InChI is InChI=1S/C9H14BrN3O3/c1-6-12-8(13-16-6)3-4-11-5-7(10)9(14)15-2/h7,11H,3-5H2,1-2H3. The van der Waals surface area contributed by atoms with E-state index in [1.165, 1.54) is 7.11 Å². The third kappa shape index (κ3) is 4.28. The third-order valence-corrected chi connectivity index (χ3v) is 2.57. The molecule has 0 spiro atoms. The highest BCUT2D eigenvalue weighted by Gasteiger charge is 2.14. The van der Waals surface area contributed by atoms with Crippen LogP contribution in [0.3, 0.4) is 0 Å². The van der Waals surface area contributed by atoms with Crippen LogP contribution in [0.15, 0.2) is 4.52 Å². The summed E-state index contributed by atoms with van der Waals surface area (Å²) in [6.07, 6.45) is 0.665. The van der Waals surface area contributed by atoms with Gasteiger partial charge in [0.1, 0.15) is 4.83 Å². The Bertz CT molecular complexity index is 342. The van der Waals surface area contributed by atoms with Gasteiger partial charge in [-0.25, -0.2) is 0 Å². The molecule has 0 aliphatic heterocycles. The topological polar surface area (TPSA) is 77.2 Å². The van der Waals surface area contributed by atoms with Crippen molar-refractivity contribution in [1.82, 2.24) is 15.5 Å². The first kappa shape index (κ1) is 13.1. The number of carbonyl (C=O) groups excluding carboxylic acids is 1. The van der Waals surface area contributed by atoms with Crippen LogP contribution in [-0.2, 0) is 16.0 Å². The number of nitrogens with one attached hydrogen (secondary N) is 1. The molecule has 90 valence electrons. The van der Waals surface area contributed by atoms with Gasteiger partial charge in [0.25, 0.3) is 0 Å². The molecule has 16 heavy (non-hydrogen) atoms. The number of carbonyl (C=O) groups is 1. The summed E-state index contributed by atoms with van der Waals surface area (Å²) in [5, 5.41) is 6.84. The minimum Gasteiger partial charge on any atom is -0.468 e. The fourth-order valence-corrected chi connectivity index (χ4v) is 1.50. The van der Waals surface area contributed by atoms with E-state index in [-0.39, 0.29) is 10.8 Å². The van der Waals surface area contributed by atoms with E-state index in [0.29, 0.717) is 31.2 Å². The molecular weight excluding hydrogens is 278 g/mol. The highest BCUT2D eigenvalue weighted by Crippen LogP contribution is 2.00. The summed E-state index contributed by atoms with van der Waals surface area (Å²) in [4.78, 5) is 14.8. The summed E-state index contributed by atoms with van der Waals surface area (Å²) >= 11 is 3.21. The molecule has 1 atom stereocenters. The second-order valence-corrected chi connectivity index (χ2v) is 4.28. The Hall–Kier alpha value is -0.950. The quantitative estimate of drug-likeness (QED) is 0.466. The fraction of sp³-hybridized carbons (Fsp3) is 0.667. The zero-order valence-electron chi connectivity index (χ0n) is 9.20. The van der Waals surface area contributed by atoms with Gasteiger partial charge >= 0.3 is 5.97 Å². The zero-order valence-corrected chi connectivity index (χ0v) is 10.8. The maximum absolute atomic E-state index is 11.0. The van der Waals surface area contributed by atoms with Crippen molar-refractivity contribution in [3.63, 3.8) is 0 Å². The van der Waals surface area contributed by atoms with Gasteiger partial charge in [-0.2, -0.15) is 4.98 Å². The number of halogens is 1. The SMILES string of the molecule is COC(=O)C(Br)CNCCc1noc(C)n1. The second kappa shape index (κ2) is 6.59. The second-order valence-electron chi connectivity index (χ2n) is 3.17. The van der Waals surface area contributed by atoms with Crippen LogP contribution in [0.2, 0.25) is 0 Å². The summed E-state index contributed by atoms with van der Waals surface area (Å²) in [6, 6.07) is 0. The number of aromatic nitrogens is 2. The van der Waals surface area contributed by atoms with Crippen molar-refractivity contribution in [3.8, 4) is 0 Å². The number of hydrogen-bond acceptors (Lipinski definition) is 6. The molecule has 1 rings (SSSR count). The van der Waals surface area contributed by atoms with Gasteiger partial charge in [-0.05, 0) is 0 Å². The minimum atomic E-state index is -0.329. The summed E-state index contributed by atoms with van der Waals surface area (Å²) in [5.41, 5.74) is 0. The van der Waals surface area contributed by atoms with E-state index in [1.54, 1.807) is 6.92 Å². The number of rotatable bonds is 6. The van der Waals surface area contributed by atoms with Crippen molar-refractivity contribution in [1.29, 1.82) is 0 Å². The lowest BCUT2D eigenvalue weighted by Crippen LogP contribution is -2.31. The highest BCUT2D eigenvalue weighted by atomic mass is 79.9. The van der Waals surface area contributed by atoms with Crippen LogP contribution in [0.5, 0.6) is 0 Å². The van der Waals surface area contributed by atoms with Gasteiger partial charge in [0, 0.05) is 26.4 Å². The lowest BCUT2D eigenvalue weighted by molar-refractivity contribution is -0.139. The smallest absolute Gasteiger partial charge is 0.320 e. The van der Waals surface area contributed by atoms with Crippen molar-refractivity contribution in [2.75, 3.05) is 20.2 Å². The zero-order chi connectivity index (χ0) is 12.0. The van der Waals surface area contributed by atoms with Gasteiger partial charge in [-0.1, -0.05) is 21.1 Å². The first-order valence-electron chi connectivity index (χ1n) is 4.85. The van der Waals surface area contributed by atoms with Gasteiger partial charge in [0.2, 0.25) is 5.89 Å². The number of ether oxygens (including phenoxy) is 1. The van der Waals surface area contributed by atoms with E-state index in [0.717, 1.165) is 0 Å². The molecule has 1 N–H and O–H groups in total. The van der Waals surface area contributed by atoms with Crippen molar-refractivity contribution < 1.29 is 14.1 Å². The van der Waals surface area contributed by atoms with Gasteiger partial charge in [-0.3, -0.25) is 4.79 Å². The first-order valence-corrected chi connectivity index (χ1v) is 5.77. The van der Waals surface area contributed by atoms with Crippen LogP contribution in [0.1, 0.15) is 11.7 Å². The normalized spacial score (nSPS) is 12.4. The number of aryl methyl sites for hydroxylation is 1. The van der Waals surface area contributed by atoms with Crippen LogP contribution in [0.25, 0.3) is 0 Å². The van der Waals surface area contributed by atoms with Crippen LogP contribution in [0, 0.1) is 6.92 Å². The van der Waals surface area contributed by atoms with Crippen LogP contribution in [0.4, 0.5) is 0 Å². The van der Waals surface area contributed by atoms with Gasteiger partial charge in [0.05, 0.1) is 7.11 Å². The molecule has 0 saturated heterocycles. The van der Waals surface area contributed by atoms with Crippen molar-refractivity contribution in [2.45, 2.75) is 18.2 Å². The Kier molecular flexibility index (Phi) is 5.41.